The molecule has 3 heterocycles. The lowest BCUT2D eigenvalue weighted by Crippen LogP contribution is -2.51. The average Bonchev–Trinajstić information content (AvgIpc) is 3.48. The molecule has 1 aromatic carbocycles. The molecule has 1 saturated heterocycles. The van der Waals surface area contributed by atoms with Crippen LogP contribution in [0.3, 0.4) is 0 Å². The predicted molar refractivity (Wildman–Crippen MR) is 118 cm³/mol. The highest BCUT2D eigenvalue weighted by molar-refractivity contribution is 7.89. The lowest BCUT2D eigenvalue weighted by atomic mass is 10.3. The molecule has 0 unspecified atom stereocenters. The SMILES string of the molecule is COc1ccc(S(=O)(=O)N2CCN(C(=O)Cn3nnn(-c4cccs4)c3=O)CC2)cc1OC. The Morgan fingerprint density at radius 3 is 2.42 bits per heavy atom. The number of aromatic nitrogens is 4. The van der Waals surface area contributed by atoms with Crippen LogP contribution >= 0.6 is 11.3 Å². The standard InChI is InChI=1S/C19H22N6O6S2/c1-30-15-6-5-14(12-16(15)31-2)33(28,29)23-9-7-22(8-10-23)17(26)13-24-19(27)25(21-20-24)18-4-3-11-32-18/h3-6,11-12H,7-10,13H2,1-2H3. The fourth-order valence-corrected chi connectivity index (χ4v) is 5.54. The summed E-state index contributed by atoms with van der Waals surface area (Å²) in [6.45, 7) is 0.364. The number of methoxy groups -OCH3 is 2. The average molecular weight is 495 g/mol. The van der Waals surface area contributed by atoms with E-state index in [0.717, 1.165) is 9.36 Å². The van der Waals surface area contributed by atoms with E-state index in [4.69, 9.17) is 9.47 Å². The zero-order valence-corrected chi connectivity index (χ0v) is 19.6. The molecule has 1 aliphatic rings. The van der Waals surface area contributed by atoms with Crippen LogP contribution < -0.4 is 15.2 Å². The molecule has 4 rings (SSSR count). The maximum absolute atomic E-state index is 13.0. The summed E-state index contributed by atoms with van der Waals surface area (Å²) < 4.78 is 39.9. The van der Waals surface area contributed by atoms with E-state index in [1.165, 1.54) is 53.0 Å². The second kappa shape index (κ2) is 9.33. The predicted octanol–water partition coefficient (Wildman–Crippen LogP) is 0.0408. The number of rotatable bonds is 7. The van der Waals surface area contributed by atoms with Gasteiger partial charge in [0.15, 0.2) is 11.5 Å². The number of carbonyl (C=O) groups excluding carboxylic acids is 1. The third-order valence-corrected chi connectivity index (χ3v) is 7.96. The highest BCUT2D eigenvalue weighted by Crippen LogP contribution is 2.30. The van der Waals surface area contributed by atoms with E-state index in [1.807, 2.05) is 5.38 Å². The van der Waals surface area contributed by atoms with Gasteiger partial charge in [-0.3, -0.25) is 4.79 Å². The van der Waals surface area contributed by atoms with Crippen molar-refractivity contribution in [2.45, 2.75) is 11.4 Å². The smallest absolute Gasteiger partial charge is 0.369 e. The van der Waals surface area contributed by atoms with Crippen molar-refractivity contribution in [2.75, 3.05) is 40.4 Å². The molecule has 0 radical (unpaired) electrons. The van der Waals surface area contributed by atoms with E-state index in [1.54, 1.807) is 12.1 Å². The van der Waals surface area contributed by atoms with Crippen LogP contribution in [0.15, 0.2) is 45.4 Å². The maximum Gasteiger partial charge on any atom is 0.369 e. The van der Waals surface area contributed by atoms with Crippen molar-refractivity contribution in [1.82, 2.24) is 29.0 Å². The van der Waals surface area contributed by atoms with Crippen LogP contribution in [-0.4, -0.2) is 83.7 Å². The van der Waals surface area contributed by atoms with Crippen molar-refractivity contribution in [3.63, 3.8) is 0 Å². The van der Waals surface area contributed by atoms with Crippen molar-refractivity contribution >= 4 is 27.3 Å². The molecule has 1 fully saturated rings. The molecule has 1 amide bonds. The number of hydrogen-bond acceptors (Lipinski definition) is 9. The van der Waals surface area contributed by atoms with E-state index in [-0.39, 0.29) is 43.5 Å². The summed E-state index contributed by atoms with van der Waals surface area (Å²) in [6.07, 6.45) is 0. The number of sulfonamides is 1. The van der Waals surface area contributed by atoms with Gasteiger partial charge in [-0.1, -0.05) is 0 Å². The van der Waals surface area contributed by atoms with Crippen LogP contribution in [-0.2, 0) is 21.4 Å². The summed E-state index contributed by atoms with van der Waals surface area (Å²) >= 11 is 1.33. The first-order valence-electron chi connectivity index (χ1n) is 9.92. The first-order valence-corrected chi connectivity index (χ1v) is 12.2. The Kier molecular flexibility index (Phi) is 6.49. The van der Waals surface area contributed by atoms with Gasteiger partial charge >= 0.3 is 5.69 Å². The molecule has 0 spiro atoms. The molecular weight excluding hydrogens is 472 g/mol. The van der Waals surface area contributed by atoms with Crippen molar-refractivity contribution < 1.29 is 22.7 Å². The molecular formula is C19H22N6O6S2. The van der Waals surface area contributed by atoms with Crippen LogP contribution in [0.5, 0.6) is 11.5 Å². The monoisotopic (exact) mass is 494 g/mol. The first kappa shape index (κ1) is 22.9. The van der Waals surface area contributed by atoms with E-state index in [2.05, 4.69) is 10.4 Å². The van der Waals surface area contributed by atoms with Gasteiger partial charge in [0, 0.05) is 32.2 Å². The normalized spacial score (nSPS) is 14.9. The first-order chi connectivity index (χ1) is 15.8. The summed E-state index contributed by atoms with van der Waals surface area (Å²) in [7, 11) is -0.871. The molecule has 3 aromatic rings. The molecule has 14 heteroatoms. The number of thiophene rings is 1. The van der Waals surface area contributed by atoms with Crippen molar-refractivity contribution in [1.29, 1.82) is 0 Å². The number of benzene rings is 1. The van der Waals surface area contributed by atoms with Gasteiger partial charge < -0.3 is 14.4 Å². The second-order valence-electron chi connectivity index (χ2n) is 7.08. The molecule has 1 aliphatic heterocycles. The molecule has 33 heavy (non-hydrogen) atoms. The minimum Gasteiger partial charge on any atom is -0.493 e. The van der Waals surface area contributed by atoms with Gasteiger partial charge in [-0.15, -0.1) is 11.3 Å². The molecule has 12 nitrogen and oxygen atoms in total. The number of ether oxygens (including phenoxy) is 2. The van der Waals surface area contributed by atoms with Crippen LogP contribution in [0, 0.1) is 0 Å². The lowest BCUT2D eigenvalue weighted by Gasteiger charge is -2.34. The molecule has 0 atom stereocenters. The van der Waals surface area contributed by atoms with E-state index in [0.29, 0.717) is 16.5 Å². The number of amides is 1. The number of tetrazole rings is 1. The largest absolute Gasteiger partial charge is 0.493 e. The van der Waals surface area contributed by atoms with Gasteiger partial charge in [-0.2, -0.15) is 13.7 Å². The summed E-state index contributed by atoms with van der Waals surface area (Å²) in [5, 5.41) is 10.0. The molecule has 176 valence electrons. The van der Waals surface area contributed by atoms with Crippen LogP contribution in [0.1, 0.15) is 0 Å². The van der Waals surface area contributed by atoms with Crippen LogP contribution in [0.2, 0.25) is 0 Å². The van der Waals surface area contributed by atoms with Crippen molar-refractivity contribution in [3.05, 3.63) is 46.2 Å². The van der Waals surface area contributed by atoms with E-state index < -0.39 is 15.7 Å². The van der Waals surface area contributed by atoms with E-state index in [9.17, 15) is 18.0 Å². The van der Waals surface area contributed by atoms with Gasteiger partial charge in [0.25, 0.3) is 0 Å². The zero-order valence-electron chi connectivity index (χ0n) is 17.9. The van der Waals surface area contributed by atoms with Gasteiger partial charge in [0.1, 0.15) is 11.5 Å². The van der Waals surface area contributed by atoms with Gasteiger partial charge in [-0.25, -0.2) is 13.2 Å². The number of hydrogen-bond donors (Lipinski definition) is 0. The topological polar surface area (TPSA) is 129 Å². The summed E-state index contributed by atoms with van der Waals surface area (Å²) in [5.41, 5.74) is -0.513. The molecule has 0 aliphatic carbocycles. The summed E-state index contributed by atoms with van der Waals surface area (Å²) in [4.78, 5) is 26.7. The Morgan fingerprint density at radius 2 is 1.79 bits per heavy atom. The summed E-state index contributed by atoms with van der Waals surface area (Å²) in [6, 6.07) is 7.91. The lowest BCUT2D eigenvalue weighted by molar-refractivity contribution is -0.133. The highest BCUT2D eigenvalue weighted by Gasteiger charge is 2.31. The molecule has 0 N–H and O–H groups in total. The van der Waals surface area contributed by atoms with Gasteiger partial charge in [-0.05, 0) is 40.1 Å². The Hall–Kier alpha value is -3.23. The molecule has 0 saturated carbocycles. The number of nitrogens with zero attached hydrogens (tertiary/aromatic N) is 6. The molecule has 0 bridgehead atoms. The Balaban J connectivity index is 1.40. The van der Waals surface area contributed by atoms with Crippen molar-refractivity contribution in [2.24, 2.45) is 0 Å². The minimum absolute atomic E-state index is 0.0802. The minimum atomic E-state index is -3.78. The zero-order chi connectivity index (χ0) is 23.6. The quantitative estimate of drug-likeness (QED) is 0.450. The van der Waals surface area contributed by atoms with Gasteiger partial charge in [0.2, 0.25) is 15.9 Å². The fourth-order valence-electron chi connectivity index (χ4n) is 3.43. The van der Waals surface area contributed by atoms with Crippen LogP contribution in [0.25, 0.3) is 5.00 Å². The maximum atomic E-state index is 13.0. The third-order valence-electron chi connectivity index (χ3n) is 5.22. The Labute approximate surface area is 193 Å². The Bertz CT molecular complexity index is 1290. The third kappa shape index (κ3) is 4.49. The molecule has 2 aromatic heterocycles. The fraction of sp³-hybridized carbons (Fsp3) is 0.368. The van der Waals surface area contributed by atoms with E-state index >= 15 is 0 Å². The van der Waals surface area contributed by atoms with Crippen LogP contribution in [0.4, 0.5) is 0 Å². The summed E-state index contributed by atoms with van der Waals surface area (Å²) in [5.74, 6) is 0.407. The highest BCUT2D eigenvalue weighted by atomic mass is 32.2. The van der Waals surface area contributed by atoms with Gasteiger partial charge in [0.05, 0.1) is 19.1 Å². The van der Waals surface area contributed by atoms with Crippen molar-refractivity contribution in [3.8, 4) is 16.5 Å². The Morgan fingerprint density at radius 1 is 1.06 bits per heavy atom. The number of piperazine rings is 1. The number of carbonyl (C=O) groups is 1. The second-order valence-corrected chi connectivity index (χ2v) is 9.95.